The Morgan fingerprint density at radius 2 is 2.10 bits per heavy atom. The third-order valence-electron chi connectivity index (χ3n) is 3.48. The predicted octanol–water partition coefficient (Wildman–Crippen LogP) is 3.15. The van der Waals surface area contributed by atoms with Crippen LogP contribution in [0.25, 0.3) is 10.9 Å². The minimum atomic E-state index is -0.0280. The molecule has 3 aromatic rings. The number of aromatic nitrogens is 2. The lowest BCUT2D eigenvalue weighted by molar-refractivity contribution is 0.0992. The topological polar surface area (TPSA) is 49.0 Å². The van der Waals surface area contributed by atoms with Crippen LogP contribution in [-0.4, -0.2) is 22.9 Å². The van der Waals surface area contributed by atoms with Crippen molar-refractivity contribution in [3.63, 3.8) is 0 Å². The van der Waals surface area contributed by atoms with E-state index < -0.39 is 0 Å². The summed E-state index contributed by atoms with van der Waals surface area (Å²) in [5.74, 6) is -0.0280. The summed E-state index contributed by atoms with van der Waals surface area (Å²) >= 11 is 0. The molecular weight excluding hydrogens is 250 g/mol. The van der Waals surface area contributed by atoms with Crippen molar-refractivity contribution in [3.05, 3.63) is 60.0 Å². The lowest BCUT2D eigenvalue weighted by Gasteiger charge is -2.18. The van der Waals surface area contributed by atoms with Crippen molar-refractivity contribution in [2.75, 3.05) is 11.9 Å². The van der Waals surface area contributed by atoms with Crippen molar-refractivity contribution in [2.45, 2.75) is 6.92 Å². The molecule has 20 heavy (non-hydrogen) atoms. The Morgan fingerprint density at radius 3 is 2.90 bits per heavy atom. The number of aromatic amines is 1. The van der Waals surface area contributed by atoms with Crippen LogP contribution in [0.4, 0.5) is 5.69 Å². The first-order valence-corrected chi connectivity index (χ1v) is 6.42. The van der Waals surface area contributed by atoms with E-state index in [1.807, 2.05) is 37.4 Å². The van der Waals surface area contributed by atoms with Crippen LogP contribution in [0.15, 0.2) is 48.9 Å². The zero-order valence-corrected chi connectivity index (χ0v) is 11.4. The van der Waals surface area contributed by atoms with Crippen molar-refractivity contribution >= 4 is 22.5 Å². The molecule has 0 atom stereocenters. The van der Waals surface area contributed by atoms with Crippen molar-refractivity contribution in [2.24, 2.45) is 0 Å². The van der Waals surface area contributed by atoms with Gasteiger partial charge in [0.05, 0.1) is 0 Å². The van der Waals surface area contributed by atoms with E-state index in [1.165, 1.54) is 0 Å². The van der Waals surface area contributed by atoms with Gasteiger partial charge in [-0.2, -0.15) is 0 Å². The maximum absolute atomic E-state index is 12.5. The highest BCUT2D eigenvalue weighted by Crippen LogP contribution is 2.22. The van der Waals surface area contributed by atoms with E-state index in [2.05, 4.69) is 9.97 Å². The molecule has 0 aliphatic rings. The summed E-state index contributed by atoms with van der Waals surface area (Å²) in [4.78, 5) is 21.4. The van der Waals surface area contributed by atoms with E-state index in [0.717, 1.165) is 22.2 Å². The Kier molecular flexibility index (Phi) is 2.99. The van der Waals surface area contributed by atoms with Crippen LogP contribution in [0, 0.1) is 6.92 Å². The number of hydrogen-bond donors (Lipinski definition) is 1. The summed E-state index contributed by atoms with van der Waals surface area (Å²) in [5, 5.41) is 1.09. The van der Waals surface area contributed by atoms with Crippen molar-refractivity contribution in [1.82, 2.24) is 9.97 Å². The van der Waals surface area contributed by atoms with Gasteiger partial charge in [-0.05, 0) is 42.8 Å². The molecule has 3 rings (SSSR count). The summed E-state index contributed by atoms with van der Waals surface area (Å²) < 4.78 is 0. The number of pyridine rings is 1. The van der Waals surface area contributed by atoms with Crippen LogP contribution in [-0.2, 0) is 0 Å². The molecule has 1 N–H and O–H groups in total. The third-order valence-corrected chi connectivity index (χ3v) is 3.48. The summed E-state index contributed by atoms with van der Waals surface area (Å²) in [6.07, 6.45) is 5.24. The van der Waals surface area contributed by atoms with Crippen molar-refractivity contribution in [1.29, 1.82) is 0 Å². The number of amides is 1. The molecule has 0 aliphatic heterocycles. The van der Waals surface area contributed by atoms with E-state index in [1.54, 1.807) is 30.4 Å². The van der Waals surface area contributed by atoms with Crippen LogP contribution >= 0.6 is 0 Å². The number of H-pyrrole nitrogens is 1. The number of carbonyl (C=O) groups is 1. The summed E-state index contributed by atoms with van der Waals surface area (Å²) in [7, 11) is 1.79. The third kappa shape index (κ3) is 2.05. The molecule has 0 aliphatic carbocycles. The lowest BCUT2D eigenvalue weighted by atomic mass is 10.1. The van der Waals surface area contributed by atoms with Gasteiger partial charge in [-0.15, -0.1) is 0 Å². The molecule has 2 heterocycles. The minimum Gasteiger partial charge on any atom is -0.361 e. The van der Waals surface area contributed by atoms with Crippen LogP contribution in [0.2, 0.25) is 0 Å². The van der Waals surface area contributed by atoms with E-state index in [9.17, 15) is 4.79 Å². The lowest BCUT2D eigenvalue weighted by Crippen LogP contribution is -2.26. The Labute approximate surface area is 117 Å². The van der Waals surface area contributed by atoms with E-state index in [4.69, 9.17) is 0 Å². The van der Waals surface area contributed by atoms with Gasteiger partial charge in [-0.3, -0.25) is 9.78 Å². The van der Waals surface area contributed by atoms with Gasteiger partial charge in [0.15, 0.2) is 0 Å². The second-order valence-electron chi connectivity index (χ2n) is 4.80. The average Bonchev–Trinajstić information content (AvgIpc) is 2.93. The molecule has 0 radical (unpaired) electrons. The molecule has 0 bridgehead atoms. The molecule has 100 valence electrons. The summed E-state index contributed by atoms with van der Waals surface area (Å²) in [6, 6.07) is 9.67. The summed E-state index contributed by atoms with van der Waals surface area (Å²) in [6.45, 7) is 1.89. The standard InChI is InChI=1S/C16H15N3O/c1-11-10-17-7-6-14(11)16(20)19(2)13-3-4-15-12(9-13)5-8-18-15/h3-10,18H,1-2H3. The highest BCUT2D eigenvalue weighted by Gasteiger charge is 2.15. The second-order valence-corrected chi connectivity index (χ2v) is 4.80. The van der Waals surface area contributed by atoms with Crippen LogP contribution in [0.3, 0.4) is 0 Å². The van der Waals surface area contributed by atoms with E-state index in [-0.39, 0.29) is 5.91 Å². The number of anilines is 1. The number of aryl methyl sites for hydroxylation is 1. The number of carbonyl (C=O) groups excluding carboxylic acids is 1. The molecule has 4 nitrogen and oxygen atoms in total. The maximum Gasteiger partial charge on any atom is 0.258 e. The zero-order valence-electron chi connectivity index (χ0n) is 11.4. The molecule has 1 amide bonds. The van der Waals surface area contributed by atoms with Gasteiger partial charge < -0.3 is 9.88 Å². The number of nitrogens with zero attached hydrogens (tertiary/aromatic N) is 2. The monoisotopic (exact) mass is 265 g/mol. The first-order valence-electron chi connectivity index (χ1n) is 6.42. The SMILES string of the molecule is Cc1cnccc1C(=O)N(C)c1ccc2[nH]ccc2c1. The minimum absolute atomic E-state index is 0.0280. The van der Waals surface area contributed by atoms with Crippen molar-refractivity contribution in [3.8, 4) is 0 Å². The van der Waals surface area contributed by atoms with Gasteiger partial charge in [0.2, 0.25) is 0 Å². The quantitative estimate of drug-likeness (QED) is 0.773. The van der Waals surface area contributed by atoms with Crippen LogP contribution in [0.1, 0.15) is 15.9 Å². The second kappa shape index (κ2) is 4.81. The zero-order chi connectivity index (χ0) is 14.1. The number of fused-ring (bicyclic) bond motifs is 1. The van der Waals surface area contributed by atoms with Gasteiger partial charge in [0.1, 0.15) is 0 Å². The molecule has 0 unspecified atom stereocenters. The fourth-order valence-electron chi connectivity index (χ4n) is 2.26. The fourth-order valence-corrected chi connectivity index (χ4v) is 2.26. The van der Waals surface area contributed by atoms with E-state index in [0.29, 0.717) is 5.56 Å². The largest absolute Gasteiger partial charge is 0.361 e. The number of nitrogens with one attached hydrogen (secondary N) is 1. The fraction of sp³-hybridized carbons (Fsp3) is 0.125. The first-order chi connectivity index (χ1) is 9.66. The Morgan fingerprint density at radius 1 is 1.25 bits per heavy atom. The molecule has 1 aromatic carbocycles. The van der Waals surface area contributed by atoms with E-state index >= 15 is 0 Å². The Bertz CT molecular complexity index is 776. The van der Waals surface area contributed by atoms with Crippen molar-refractivity contribution < 1.29 is 4.79 Å². The molecule has 0 spiro atoms. The molecular formula is C16H15N3O. The Hall–Kier alpha value is -2.62. The van der Waals surface area contributed by atoms with Gasteiger partial charge in [-0.1, -0.05) is 0 Å². The van der Waals surface area contributed by atoms with Gasteiger partial charge in [-0.25, -0.2) is 0 Å². The molecule has 0 saturated heterocycles. The van der Waals surface area contributed by atoms with Gasteiger partial charge >= 0.3 is 0 Å². The first kappa shape index (κ1) is 12.4. The molecule has 0 saturated carbocycles. The normalized spacial score (nSPS) is 10.7. The predicted molar refractivity (Wildman–Crippen MR) is 80.0 cm³/mol. The molecule has 4 heteroatoms. The van der Waals surface area contributed by atoms with Gasteiger partial charge in [0, 0.05) is 47.8 Å². The van der Waals surface area contributed by atoms with Crippen LogP contribution < -0.4 is 4.90 Å². The highest BCUT2D eigenvalue weighted by molar-refractivity contribution is 6.07. The number of rotatable bonds is 2. The number of benzene rings is 1. The molecule has 0 fully saturated rings. The molecule has 2 aromatic heterocycles. The van der Waals surface area contributed by atoms with Crippen LogP contribution in [0.5, 0.6) is 0 Å². The Balaban J connectivity index is 1.97. The average molecular weight is 265 g/mol. The van der Waals surface area contributed by atoms with Gasteiger partial charge in [0.25, 0.3) is 5.91 Å². The highest BCUT2D eigenvalue weighted by atomic mass is 16.2. The smallest absolute Gasteiger partial charge is 0.258 e. The number of hydrogen-bond acceptors (Lipinski definition) is 2. The summed E-state index contributed by atoms with van der Waals surface area (Å²) in [5.41, 5.74) is 3.50. The maximum atomic E-state index is 12.5.